The maximum Gasteiger partial charge on any atom is 0.318 e. The fraction of sp³-hybridized carbons (Fsp3) is 0.800. The van der Waals surface area contributed by atoms with E-state index in [4.69, 9.17) is 5.73 Å². The van der Waals surface area contributed by atoms with E-state index in [2.05, 4.69) is 19.2 Å². The Labute approximate surface area is 89.8 Å². The fourth-order valence-corrected chi connectivity index (χ4v) is 2.06. The summed E-state index contributed by atoms with van der Waals surface area (Å²) in [6.45, 7) is 4.56. The van der Waals surface area contributed by atoms with Gasteiger partial charge in [0.05, 0.1) is 6.54 Å². The van der Waals surface area contributed by atoms with Crippen molar-refractivity contribution in [3.63, 3.8) is 0 Å². The number of carbonyl (C=O) groups is 2. The summed E-state index contributed by atoms with van der Waals surface area (Å²) in [6.07, 6.45) is 2.28. The minimum absolute atomic E-state index is 0.157. The smallest absolute Gasteiger partial charge is 0.318 e. The molecule has 0 aliphatic heterocycles. The Balaban J connectivity index is 2.25. The van der Waals surface area contributed by atoms with Gasteiger partial charge in [-0.3, -0.25) is 10.1 Å². The zero-order chi connectivity index (χ0) is 11.4. The van der Waals surface area contributed by atoms with Crippen LogP contribution in [0.1, 0.15) is 26.7 Å². The molecule has 0 spiro atoms. The van der Waals surface area contributed by atoms with Crippen LogP contribution in [0.15, 0.2) is 0 Å². The highest BCUT2D eigenvalue weighted by Gasteiger charge is 2.29. The van der Waals surface area contributed by atoms with Crippen molar-refractivity contribution >= 4 is 11.9 Å². The van der Waals surface area contributed by atoms with E-state index < -0.39 is 6.03 Å². The molecule has 0 aromatic rings. The highest BCUT2D eigenvalue weighted by atomic mass is 16.2. The van der Waals surface area contributed by atoms with E-state index in [1.165, 1.54) is 6.42 Å². The van der Waals surface area contributed by atoms with Crippen LogP contribution in [0.2, 0.25) is 0 Å². The molecule has 0 aromatic heterocycles. The van der Waals surface area contributed by atoms with Crippen molar-refractivity contribution in [1.29, 1.82) is 0 Å². The zero-order valence-electron chi connectivity index (χ0n) is 9.25. The van der Waals surface area contributed by atoms with Crippen molar-refractivity contribution in [3.05, 3.63) is 0 Å². The molecule has 5 nitrogen and oxygen atoms in total. The highest BCUT2D eigenvalue weighted by Crippen LogP contribution is 2.30. The Hall–Kier alpha value is -1.10. The van der Waals surface area contributed by atoms with Gasteiger partial charge in [-0.1, -0.05) is 13.8 Å². The number of nitrogens with one attached hydrogen (secondary N) is 2. The summed E-state index contributed by atoms with van der Waals surface area (Å²) in [4.78, 5) is 21.5. The quantitative estimate of drug-likeness (QED) is 0.626. The monoisotopic (exact) mass is 213 g/mol. The average molecular weight is 213 g/mol. The van der Waals surface area contributed by atoms with Gasteiger partial charge in [-0.05, 0) is 24.7 Å². The average Bonchev–Trinajstić information content (AvgIpc) is 2.44. The summed E-state index contributed by atoms with van der Waals surface area (Å²) in [6, 6.07) is -0.423. The fourth-order valence-electron chi connectivity index (χ4n) is 2.06. The number of imide groups is 1. The van der Waals surface area contributed by atoms with Crippen LogP contribution in [-0.2, 0) is 4.79 Å². The standard InChI is InChI=1S/C10H19N3O2/c1-6-3-4-8(7(6)2)12-5-9(14)13-10(11)15/h6-8,12H,3-5H2,1-2H3,(H3,11,13,14,15). The minimum atomic E-state index is -0.797. The van der Waals surface area contributed by atoms with Gasteiger partial charge in [0.2, 0.25) is 5.91 Å². The molecule has 1 saturated carbocycles. The van der Waals surface area contributed by atoms with Crippen molar-refractivity contribution in [2.75, 3.05) is 6.54 Å². The van der Waals surface area contributed by atoms with Crippen molar-refractivity contribution in [2.45, 2.75) is 32.7 Å². The number of rotatable bonds is 3. The Bertz CT molecular complexity index is 255. The zero-order valence-corrected chi connectivity index (χ0v) is 9.25. The van der Waals surface area contributed by atoms with E-state index in [-0.39, 0.29) is 12.5 Å². The first kappa shape index (κ1) is 12.0. The molecule has 0 saturated heterocycles. The first-order valence-corrected chi connectivity index (χ1v) is 5.33. The van der Waals surface area contributed by atoms with Gasteiger partial charge in [-0.2, -0.15) is 0 Å². The van der Waals surface area contributed by atoms with Crippen LogP contribution in [-0.4, -0.2) is 24.5 Å². The number of hydrogen-bond acceptors (Lipinski definition) is 3. The maximum absolute atomic E-state index is 11.1. The summed E-state index contributed by atoms with van der Waals surface area (Å²) in [7, 11) is 0. The molecule has 86 valence electrons. The molecule has 0 aromatic carbocycles. The third kappa shape index (κ3) is 3.51. The van der Waals surface area contributed by atoms with E-state index >= 15 is 0 Å². The highest BCUT2D eigenvalue weighted by molar-refractivity contribution is 5.94. The molecule has 0 radical (unpaired) electrons. The molecular weight excluding hydrogens is 194 g/mol. The Kier molecular flexibility index (Phi) is 4.08. The molecule has 0 bridgehead atoms. The molecule has 1 rings (SSSR count). The number of urea groups is 1. The first-order chi connectivity index (χ1) is 7.00. The summed E-state index contributed by atoms with van der Waals surface area (Å²) in [5.41, 5.74) is 4.83. The maximum atomic E-state index is 11.1. The summed E-state index contributed by atoms with van der Waals surface area (Å²) >= 11 is 0. The SMILES string of the molecule is CC1CCC(NCC(=O)NC(N)=O)C1C. The number of hydrogen-bond donors (Lipinski definition) is 3. The summed E-state index contributed by atoms with van der Waals surface area (Å²) in [5, 5.41) is 5.18. The normalized spacial score (nSPS) is 30.1. The molecule has 0 heterocycles. The topological polar surface area (TPSA) is 84.2 Å². The lowest BCUT2D eigenvalue weighted by molar-refractivity contribution is -0.119. The van der Waals surface area contributed by atoms with Crippen molar-refractivity contribution in [1.82, 2.24) is 10.6 Å². The third-order valence-electron chi connectivity index (χ3n) is 3.25. The van der Waals surface area contributed by atoms with E-state index in [1.807, 2.05) is 5.32 Å². The van der Waals surface area contributed by atoms with Crippen LogP contribution in [0.3, 0.4) is 0 Å². The Morgan fingerprint density at radius 1 is 1.33 bits per heavy atom. The van der Waals surface area contributed by atoms with Gasteiger partial charge < -0.3 is 11.1 Å². The minimum Gasteiger partial charge on any atom is -0.351 e. The van der Waals surface area contributed by atoms with Crippen LogP contribution < -0.4 is 16.4 Å². The second-order valence-electron chi connectivity index (χ2n) is 4.31. The van der Waals surface area contributed by atoms with Crippen molar-refractivity contribution < 1.29 is 9.59 Å². The molecule has 3 atom stereocenters. The van der Waals surface area contributed by atoms with Crippen LogP contribution in [0.25, 0.3) is 0 Å². The molecule has 4 N–H and O–H groups in total. The second kappa shape index (κ2) is 5.11. The van der Waals surface area contributed by atoms with Crippen molar-refractivity contribution in [2.24, 2.45) is 17.6 Å². The van der Waals surface area contributed by atoms with Crippen LogP contribution >= 0.6 is 0 Å². The molecule has 1 fully saturated rings. The van der Waals surface area contributed by atoms with Crippen LogP contribution in [0.5, 0.6) is 0 Å². The lowest BCUT2D eigenvalue weighted by Crippen LogP contribution is -2.44. The summed E-state index contributed by atoms with van der Waals surface area (Å²) < 4.78 is 0. The van der Waals surface area contributed by atoms with Crippen LogP contribution in [0.4, 0.5) is 4.79 Å². The van der Waals surface area contributed by atoms with E-state index in [0.717, 1.165) is 6.42 Å². The lowest BCUT2D eigenvalue weighted by atomic mass is 9.98. The molecular formula is C10H19N3O2. The molecule has 15 heavy (non-hydrogen) atoms. The molecule has 5 heteroatoms. The molecule has 1 aliphatic carbocycles. The predicted octanol–water partition coefficient (Wildman–Crippen LogP) is 0.206. The van der Waals surface area contributed by atoms with Gasteiger partial charge in [0.15, 0.2) is 0 Å². The molecule has 3 unspecified atom stereocenters. The largest absolute Gasteiger partial charge is 0.351 e. The third-order valence-corrected chi connectivity index (χ3v) is 3.25. The molecule has 1 aliphatic rings. The first-order valence-electron chi connectivity index (χ1n) is 5.33. The van der Waals surface area contributed by atoms with Gasteiger partial charge in [0.25, 0.3) is 0 Å². The van der Waals surface area contributed by atoms with Gasteiger partial charge in [0, 0.05) is 6.04 Å². The molecule has 3 amide bonds. The van der Waals surface area contributed by atoms with Gasteiger partial charge in [-0.15, -0.1) is 0 Å². The lowest BCUT2D eigenvalue weighted by Gasteiger charge is -2.19. The van der Waals surface area contributed by atoms with Crippen LogP contribution in [0, 0.1) is 11.8 Å². The number of nitrogens with two attached hydrogens (primary N) is 1. The number of carbonyl (C=O) groups excluding carboxylic acids is 2. The van der Waals surface area contributed by atoms with E-state index in [9.17, 15) is 9.59 Å². The number of amides is 3. The summed E-state index contributed by atoms with van der Waals surface area (Å²) in [5.74, 6) is 0.905. The Morgan fingerprint density at radius 2 is 2.00 bits per heavy atom. The van der Waals surface area contributed by atoms with Gasteiger partial charge in [0.1, 0.15) is 0 Å². The van der Waals surface area contributed by atoms with Crippen molar-refractivity contribution in [3.8, 4) is 0 Å². The predicted molar refractivity (Wildman–Crippen MR) is 57.1 cm³/mol. The van der Waals surface area contributed by atoms with E-state index in [1.54, 1.807) is 0 Å². The van der Waals surface area contributed by atoms with Gasteiger partial charge in [-0.25, -0.2) is 4.79 Å². The number of primary amides is 1. The van der Waals surface area contributed by atoms with E-state index in [0.29, 0.717) is 17.9 Å². The Morgan fingerprint density at radius 3 is 2.47 bits per heavy atom. The van der Waals surface area contributed by atoms with Gasteiger partial charge >= 0.3 is 6.03 Å². The second-order valence-corrected chi connectivity index (χ2v) is 4.31.